The molecule has 2 aliphatic heterocycles. The first-order valence-electron chi connectivity index (χ1n) is 9.94. The summed E-state index contributed by atoms with van der Waals surface area (Å²) in [5.74, 6) is 0.225. The summed E-state index contributed by atoms with van der Waals surface area (Å²) in [7, 11) is 1.54. The van der Waals surface area contributed by atoms with E-state index in [1.165, 1.54) is 23.8 Å². The third-order valence-corrected chi connectivity index (χ3v) is 6.86. The van der Waals surface area contributed by atoms with Gasteiger partial charge in [0, 0.05) is 17.2 Å². The molecule has 2 atom stereocenters. The van der Waals surface area contributed by atoms with E-state index in [-0.39, 0.29) is 35.4 Å². The number of carbonyl (C=O) groups excluding carboxylic acids is 3. The second-order valence-electron chi connectivity index (χ2n) is 7.28. The van der Waals surface area contributed by atoms with Gasteiger partial charge in [0.15, 0.2) is 0 Å². The largest absolute Gasteiger partial charge is 0.497 e. The summed E-state index contributed by atoms with van der Waals surface area (Å²) in [6, 6.07) is 15.1. The first kappa shape index (κ1) is 22.2. The molecule has 0 aliphatic carbocycles. The van der Waals surface area contributed by atoms with Crippen molar-refractivity contribution in [2.75, 3.05) is 18.7 Å². The van der Waals surface area contributed by atoms with Crippen LogP contribution in [0, 0.1) is 0 Å². The number of β-lactam (4-membered cyclic amide) rings is 1. The highest BCUT2D eigenvalue weighted by molar-refractivity contribution is 8.00. The maximum absolute atomic E-state index is 12.9. The monoisotopic (exact) mass is 472 g/mol. The number of nitrogens with one attached hydrogen (secondary N) is 1. The maximum Gasteiger partial charge on any atom is 0.344 e. The zero-order valence-corrected chi connectivity index (χ0v) is 18.8. The van der Waals surface area contributed by atoms with Gasteiger partial charge in [-0.05, 0) is 29.8 Å². The van der Waals surface area contributed by atoms with Gasteiger partial charge in [-0.1, -0.05) is 30.3 Å². The minimum absolute atomic E-state index is 0.125. The van der Waals surface area contributed by atoms with Crippen LogP contribution in [0.5, 0.6) is 5.75 Å². The van der Waals surface area contributed by atoms with E-state index in [1.54, 1.807) is 24.3 Å². The van der Waals surface area contributed by atoms with Crippen LogP contribution in [-0.2, 0) is 20.7 Å². The van der Waals surface area contributed by atoms with Crippen molar-refractivity contribution in [2.24, 2.45) is 0 Å². The summed E-state index contributed by atoms with van der Waals surface area (Å²) in [4.78, 5) is 39.4. The van der Waals surface area contributed by atoms with Gasteiger partial charge in [-0.15, -0.1) is 23.4 Å². The van der Waals surface area contributed by atoms with Gasteiger partial charge in [0.05, 0.1) is 19.1 Å². The third kappa shape index (κ3) is 4.47. The number of nitrogens with zero attached hydrogens (tertiary/aromatic N) is 1. The molecule has 2 amide bonds. The molecule has 1 N–H and O–H groups in total. The Morgan fingerprint density at radius 3 is 2.53 bits per heavy atom. The Labute approximate surface area is 194 Å². The van der Waals surface area contributed by atoms with Crippen LogP contribution in [0.2, 0.25) is 0 Å². The van der Waals surface area contributed by atoms with Crippen molar-refractivity contribution in [2.45, 2.75) is 17.8 Å². The summed E-state index contributed by atoms with van der Waals surface area (Å²) in [5, 5.41) is 2.45. The second kappa shape index (κ2) is 9.67. The minimum atomic E-state index is -0.678. The highest BCUT2D eigenvalue weighted by Crippen LogP contribution is 2.41. The number of esters is 1. The minimum Gasteiger partial charge on any atom is -0.497 e. The first-order valence-corrected chi connectivity index (χ1v) is 11.5. The Balaban J connectivity index is 1.45. The van der Waals surface area contributed by atoms with Gasteiger partial charge in [-0.2, -0.15) is 0 Å². The van der Waals surface area contributed by atoms with E-state index in [4.69, 9.17) is 21.1 Å². The Morgan fingerprint density at radius 1 is 1.16 bits per heavy atom. The number of rotatable bonds is 7. The van der Waals surface area contributed by atoms with Crippen LogP contribution in [0.25, 0.3) is 0 Å². The standard InChI is InChI=1S/C23H21ClN2O5S/c1-30-17-9-7-15(8-10-17)23(29)31-21-16(12-24)13-32-22-19(20(28)26(21)22)25-18(27)11-14-5-3-2-4-6-14/h2-10,19,22H,11-13H2,1H3,(H,25,27). The van der Waals surface area contributed by atoms with Crippen LogP contribution in [-0.4, -0.2) is 52.8 Å². The van der Waals surface area contributed by atoms with E-state index in [1.807, 2.05) is 30.3 Å². The number of halogens is 1. The van der Waals surface area contributed by atoms with Gasteiger partial charge in [0.2, 0.25) is 11.8 Å². The van der Waals surface area contributed by atoms with E-state index in [9.17, 15) is 14.4 Å². The second-order valence-corrected chi connectivity index (χ2v) is 8.65. The summed E-state index contributed by atoms with van der Waals surface area (Å²) in [5.41, 5.74) is 1.84. The van der Waals surface area contributed by atoms with Gasteiger partial charge < -0.3 is 14.8 Å². The van der Waals surface area contributed by atoms with Gasteiger partial charge in [0.25, 0.3) is 5.91 Å². The zero-order valence-electron chi connectivity index (χ0n) is 17.2. The molecule has 2 unspecified atom stereocenters. The van der Waals surface area contributed by atoms with Crippen molar-refractivity contribution in [3.05, 3.63) is 77.2 Å². The van der Waals surface area contributed by atoms with Gasteiger partial charge in [-0.25, -0.2) is 4.79 Å². The summed E-state index contributed by atoms with van der Waals surface area (Å²) in [6.07, 6.45) is 0.185. The Bertz CT molecular complexity index is 1060. The SMILES string of the molecule is COc1ccc(C(=O)OC2=C(CCl)CSC3C(NC(=O)Cc4ccccc4)C(=O)N23)cc1. The predicted molar refractivity (Wildman–Crippen MR) is 121 cm³/mol. The molecule has 2 aromatic rings. The molecule has 2 heterocycles. The molecule has 1 fully saturated rings. The molecule has 1 saturated heterocycles. The van der Waals surface area contributed by atoms with Crippen LogP contribution >= 0.6 is 23.4 Å². The lowest BCUT2D eigenvalue weighted by atomic mass is 10.1. The molecule has 166 valence electrons. The van der Waals surface area contributed by atoms with Gasteiger partial charge in [-0.3, -0.25) is 14.5 Å². The van der Waals surface area contributed by atoms with Crippen molar-refractivity contribution in [3.63, 3.8) is 0 Å². The average Bonchev–Trinajstić information content (AvgIpc) is 2.82. The molecule has 2 aromatic carbocycles. The lowest BCUT2D eigenvalue weighted by Crippen LogP contribution is -2.70. The molecule has 32 heavy (non-hydrogen) atoms. The predicted octanol–water partition coefficient (Wildman–Crippen LogP) is 2.95. The van der Waals surface area contributed by atoms with Crippen LogP contribution < -0.4 is 10.1 Å². The topological polar surface area (TPSA) is 84.9 Å². The van der Waals surface area contributed by atoms with E-state index < -0.39 is 12.0 Å². The number of carbonyl (C=O) groups is 3. The molecule has 0 radical (unpaired) electrons. The van der Waals surface area contributed by atoms with Crippen molar-refractivity contribution in [3.8, 4) is 5.75 Å². The number of ether oxygens (including phenoxy) is 2. The van der Waals surface area contributed by atoms with E-state index in [2.05, 4.69) is 5.32 Å². The molecule has 0 spiro atoms. The first-order chi connectivity index (χ1) is 15.5. The number of hydrogen-bond acceptors (Lipinski definition) is 6. The number of thioether (sulfide) groups is 1. The van der Waals surface area contributed by atoms with Crippen LogP contribution in [0.4, 0.5) is 0 Å². The Morgan fingerprint density at radius 2 is 1.88 bits per heavy atom. The molecule has 9 heteroatoms. The summed E-state index contributed by atoms with van der Waals surface area (Å²) >= 11 is 7.53. The summed E-state index contributed by atoms with van der Waals surface area (Å²) in [6.45, 7) is 0. The fraction of sp³-hybridized carbons (Fsp3) is 0.261. The smallest absolute Gasteiger partial charge is 0.344 e. The molecule has 0 aromatic heterocycles. The molecule has 0 bridgehead atoms. The number of benzene rings is 2. The average molecular weight is 473 g/mol. The third-order valence-electron chi connectivity index (χ3n) is 5.19. The number of hydrogen-bond donors (Lipinski definition) is 1. The molecular formula is C23H21ClN2O5S. The maximum atomic E-state index is 12.9. The Kier molecular flexibility index (Phi) is 6.72. The molecule has 7 nitrogen and oxygen atoms in total. The fourth-order valence-corrected chi connectivity index (χ4v) is 5.14. The Hall–Kier alpha value is -2.97. The highest BCUT2D eigenvalue weighted by Gasteiger charge is 2.53. The quantitative estimate of drug-likeness (QED) is 0.379. The molecule has 0 saturated carbocycles. The number of amides is 2. The fourth-order valence-electron chi connectivity index (χ4n) is 3.50. The van der Waals surface area contributed by atoms with E-state index in [0.29, 0.717) is 22.6 Å². The molecule has 2 aliphatic rings. The van der Waals surface area contributed by atoms with Crippen LogP contribution in [0.15, 0.2) is 66.1 Å². The molecular weight excluding hydrogens is 452 g/mol. The molecule has 4 rings (SSSR count). The number of methoxy groups -OCH3 is 1. The van der Waals surface area contributed by atoms with Crippen LogP contribution in [0.3, 0.4) is 0 Å². The van der Waals surface area contributed by atoms with Crippen molar-refractivity contribution in [1.29, 1.82) is 0 Å². The number of alkyl halides is 1. The number of fused-ring (bicyclic) bond motifs is 1. The summed E-state index contributed by atoms with van der Waals surface area (Å²) < 4.78 is 10.7. The van der Waals surface area contributed by atoms with E-state index in [0.717, 1.165) is 5.56 Å². The van der Waals surface area contributed by atoms with E-state index >= 15 is 0 Å². The van der Waals surface area contributed by atoms with Gasteiger partial charge in [0.1, 0.15) is 17.2 Å². The highest BCUT2D eigenvalue weighted by atomic mass is 35.5. The van der Waals surface area contributed by atoms with Gasteiger partial charge >= 0.3 is 5.97 Å². The van der Waals surface area contributed by atoms with Crippen molar-refractivity contribution in [1.82, 2.24) is 10.2 Å². The van der Waals surface area contributed by atoms with Crippen molar-refractivity contribution >= 4 is 41.1 Å². The zero-order chi connectivity index (χ0) is 22.7. The lowest BCUT2D eigenvalue weighted by molar-refractivity contribution is -0.148. The lowest BCUT2D eigenvalue weighted by Gasteiger charge is -2.49. The normalized spacial score (nSPS) is 19.7. The van der Waals surface area contributed by atoms with Crippen LogP contribution in [0.1, 0.15) is 15.9 Å². The van der Waals surface area contributed by atoms with Crippen molar-refractivity contribution < 1.29 is 23.9 Å².